The SMILES string of the molecule is Cc1cc(C)c(NC(=O)NCCOc2ccc(F)cc2F)c(Cl)c1. The Balaban J connectivity index is 1.82. The number of hydrogen-bond donors (Lipinski definition) is 2. The minimum atomic E-state index is -0.790. The van der Waals surface area contributed by atoms with Gasteiger partial charge < -0.3 is 15.4 Å². The number of rotatable bonds is 5. The zero-order valence-corrected chi connectivity index (χ0v) is 14.0. The maximum absolute atomic E-state index is 13.4. The van der Waals surface area contributed by atoms with Crippen LogP contribution in [0.5, 0.6) is 5.75 Å². The van der Waals surface area contributed by atoms with Gasteiger partial charge in [0.25, 0.3) is 0 Å². The summed E-state index contributed by atoms with van der Waals surface area (Å²) in [5.74, 6) is -1.54. The van der Waals surface area contributed by atoms with Crippen molar-refractivity contribution in [3.63, 3.8) is 0 Å². The molecule has 0 radical (unpaired) electrons. The molecule has 7 heteroatoms. The molecule has 0 aliphatic rings. The van der Waals surface area contributed by atoms with Gasteiger partial charge in [0.05, 0.1) is 17.3 Å². The van der Waals surface area contributed by atoms with Gasteiger partial charge in [0.1, 0.15) is 12.4 Å². The Morgan fingerprint density at radius 1 is 1.21 bits per heavy atom. The van der Waals surface area contributed by atoms with E-state index in [4.69, 9.17) is 16.3 Å². The van der Waals surface area contributed by atoms with Gasteiger partial charge in [0.15, 0.2) is 11.6 Å². The van der Waals surface area contributed by atoms with Crippen LogP contribution in [0.25, 0.3) is 0 Å². The molecule has 0 atom stereocenters. The van der Waals surface area contributed by atoms with Gasteiger partial charge in [-0.2, -0.15) is 0 Å². The van der Waals surface area contributed by atoms with E-state index in [0.29, 0.717) is 10.7 Å². The molecule has 2 amide bonds. The van der Waals surface area contributed by atoms with E-state index in [0.717, 1.165) is 23.3 Å². The highest BCUT2D eigenvalue weighted by molar-refractivity contribution is 6.34. The van der Waals surface area contributed by atoms with Crippen LogP contribution < -0.4 is 15.4 Å². The molecule has 4 nitrogen and oxygen atoms in total. The normalized spacial score (nSPS) is 10.4. The topological polar surface area (TPSA) is 50.4 Å². The lowest BCUT2D eigenvalue weighted by atomic mass is 10.1. The van der Waals surface area contributed by atoms with Crippen LogP contribution in [0.15, 0.2) is 30.3 Å². The fourth-order valence-corrected chi connectivity index (χ4v) is 2.52. The molecule has 0 spiro atoms. The Bertz CT molecular complexity index is 730. The average Bonchev–Trinajstić information content (AvgIpc) is 2.49. The summed E-state index contributed by atoms with van der Waals surface area (Å²) in [5, 5.41) is 5.68. The van der Waals surface area contributed by atoms with Crippen LogP contribution in [0.1, 0.15) is 11.1 Å². The van der Waals surface area contributed by atoms with Gasteiger partial charge in [-0.15, -0.1) is 0 Å². The van der Waals surface area contributed by atoms with Crippen molar-refractivity contribution in [1.82, 2.24) is 5.32 Å². The second-order valence-corrected chi connectivity index (χ2v) is 5.65. The van der Waals surface area contributed by atoms with Gasteiger partial charge in [0.2, 0.25) is 0 Å². The van der Waals surface area contributed by atoms with Crippen molar-refractivity contribution in [2.45, 2.75) is 13.8 Å². The smallest absolute Gasteiger partial charge is 0.319 e. The summed E-state index contributed by atoms with van der Waals surface area (Å²) < 4.78 is 31.3. The second kappa shape index (κ2) is 7.97. The lowest BCUT2D eigenvalue weighted by Crippen LogP contribution is -2.32. The molecule has 0 aliphatic carbocycles. The zero-order valence-electron chi connectivity index (χ0n) is 13.3. The van der Waals surface area contributed by atoms with Gasteiger partial charge in [-0.3, -0.25) is 0 Å². The lowest BCUT2D eigenvalue weighted by Gasteiger charge is -2.13. The van der Waals surface area contributed by atoms with Crippen LogP contribution in [-0.4, -0.2) is 19.2 Å². The number of halogens is 3. The first-order valence-electron chi connectivity index (χ1n) is 7.26. The summed E-state index contributed by atoms with van der Waals surface area (Å²) in [7, 11) is 0. The van der Waals surface area contributed by atoms with Crippen molar-refractivity contribution in [3.8, 4) is 5.75 Å². The number of urea groups is 1. The standard InChI is InChI=1S/C17H17ClF2N2O2/c1-10-7-11(2)16(13(18)8-10)22-17(23)21-5-6-24-15-4-3-12(19)9-14(15)20/h3-4,7-9H,5-6H2,1-2H3,(H2,21,22,23). The predicted molar refractivity (Wildman–Crippen MR) is 89.8 cm³/mol. The predicted octanol–water partition coefficient (Wildman–Crippen LogP) is 4.44. The first-order chi connectivity index (χ1) is 11.4. The largest absolute Gasteiger partial charge is 0.489 e. The van der Waals surface area contributed by atoms with Crippen molar-refractivity contribution in [2.75, 3.05) is 18.5 Å². The fraction of sp³-hybridized carbons (Fsp3) is 0.235. The third kappa shape index (κ3) is 4.83. The molecule has 0 fully saturated rings. The molecule has 2 aromatic rings. The lowest BCUT2D eigenvalue weighted by molar-refractivity contribution is 0.246. The van der Waals surface area contributed by atoms with E-state index in [1.54, 1.807) is 6.07 Å². The maximum Gasteiger partial charge on any atom is 0.319 e. The molecule has 0 saturated heterocycles. The number of benzene rings is 2. The van der Waals surface area contributed by atoms with Crippen LogP contribution in [-0.2, 0) is 0 Å². The van der Waals surface area contributed by atoms with Crippen molar-refractivity contribution in [3.05, 3.63) is 58.1 Å². The molecule has 24 heavy (non-hydrogen) atoms. The number of carbonyl (C=O) groups is 1. The zero-order chi connectivity index (χ0) is 17.7. The molecule has 0 saturated carbocycles. The first kappa shape index (κ1) is 18.0. The van der Waals surface area contributed by atoms with Gasteiger partial charge in [-0.25, -0.2) is 13.6 Å². The fourth-order valence-electron chi connectivity index (χ4n) is 2.15. The van der Waals surface area contributed by atoms with Gasteiger partial charge in [-0.1, -0.05) is 17.7 Å². The highest BCUT2D eigenvalue weighted by atomic mass is 35.5. The Kier molecular flexibility index (Phi) is 5.98. The van der Waals surface area contributed by atoms with Crippen LogP contribution in [0.3, 0.4) is 0 Å². The summed E-state index contributed by atoms with van der Waals surface area (Å²) in [4.78, 5) is 11.9. The van der Waals surface area contributed by atoms with Crippen molar-refractivity contribution in [2.24, 2.45) is 0 Å². The van der Waals surface area contributed by atoms with Crippen LogP contribution in [0.4, 0.5) is 19.3 Å². The Morgan fingerprint density at radius 3 is 2.62 bits per heavy atom. The Hall–Kier alpha value is -2.34. The third-order valence-electron chi connectivity index (χ3n) is 3.21. The molecule has 128 valence electrons. The first-order valence-corrected chi connectivity index (χ1v) is 7.64. The van der Waals surface area contributed by atoms with Gasteiger partial charge >= 0.3 is 6.03 Å². The van der Waals surface area contributed by atoms with Crippen molar-refractivity contribution < 1.29 is 18.3 Å². The van der Waals surface area contributed by atoms with Crippen molar-refractivity contribution >= 4 is 23.3 Å². The van der Waals surface area contributed by atoms with E-state index < -0.39 is 17.7 Å². The quantitative estimate of drug-likeness (QED) is 0.780. The van der Waals surface area contributed by atoms with E-state index in [9.17, 15) is 13.6 Å². The molecule has 2 rings (SSSR count). The number of hydrogen-bond acceptors (Lipinski definition) is 2. The maximum atomic E-state index is 13.4. The molecule has 0 unspecified atom stereocenters. The van der Waals surface area contributed by atoms with Crippen LogP contribution >= 0.6 is 11.6 Å². The minimum absolute atomic E-state index is 0.0383. The summed E-state index contributed by atoms with van der Waals surface area (Å²) in [6.45, 7) is 3.94. The molecule has 2 N–H and O–H groups in total. The second-order valence-electron chi connectivity index (χ2n) is 5.24. The van der Waals surface area contributed by atoms with E-state index in [2.05, 4.69) is 10.6 Å². The van der Waals surface area contributed by atoms with Crippen LogP contribution in [0.2, 0.25) is 5.02 Å². The molecule has 0 aromatic heterocycles. The Morgan fingerprint density at radius 2 is 1.96 bits per heavy atom. The molecule has 0 heterocycles. The molecule has 0 aliphatic heterocycles. The van der Waals surface area contributed by atoms with E-state index in [1.807, 2.05) is 19.9 Å². The summed E-state index contributed by atoms with van der Waals surface area (Å²) in [5.41, 5.74) is 2.38. The average molecular weight is 355 g/mol. The number of carbonyl (C=O) groups excluding carboxylic acids is 1. The van der Waals surface area contributed by atoms with Crippen LogP contribution in [0, 0.1) is 25.5 Å². The highest BCUT2D eigenvalue weighted by Crippen LogP contribution is 2.27. The molecule has 0 bridgehead atoms. The number of amides is 2. The number of nitrogens with one attached hydrogen (secondary N) is 2. The van der Waals surface area contributed by atoms with Gasteiger partial charge in [-0.05, 0) is 43.2 Å². The molecular formula is C17H17ClF2N2O2. The van der Waals surface area contributed by atoms with E-state index in [-0.39, 0.29) is 18.9 Å². The number of anilines is 1. The molecule has 2 aromatic carbocycles. The monoisotopic (exact) mass is 354 g/mol. The summed E-state index contributed by atoms with van der Waals surface area (Å²) in [6, 6.07) is 6.23. The summed E-state index contributed by atoms with van der Waals surface area (Å²) in [6.07, 6.45) is 0. The van der Waals surface area contributed by atoms with Gasteiger partial charge in [0, 0.05) is 6.07 Å². The van der Waals surface area contributed by atoms with E-state index in [1.165, 1.54) is 6.07 Å². The number of ether oxygens (including phenoxy) is 1. The molecular weight excluding hydrogens is 338 g/mol. The van der Waals surface area contributed by atoms with Crippen molar-refractivity contribution in [1.29, 1.82) is 0 Å². The highest BCUT2D eigenvalue weighted by Gasteiger charge is 2.09. The Labute approximate surface area is 143 Å². The third-order valence-corrected chi connectivity index (χ3v) is 3.51. The number of aryl methyl sites for hydroxylation is 2. The minimum Gasteiger partial charge on any atom is -0.489 e. The summed E-state index contributed by atoms with van der Waals surface area (Å²) >= 11 is 6.11. The van der Waals surface area contributed by atoms with E-state index >= 15 is 0 Å².